The van der Waals surface area contributed by atoms with Gasteiger partial charge in [-0.2, -0.15) is 0 Å². The lowest BCUT2D eigenvalue weighted by Crippen LogP contribution is -2.50. The normalized spacial score (nSPS) is 19.3. The minimum absolute atomic E-state index is 0.0242. The van der Waals surface area contributed by atoms with Gasteiger partial charge in [0.1, 0.15) is 17.5 Å². The van der Waals surface area contributed by atoms with Gasteiger partial charge in [-0.15, -0.1) is 0 Å². The molecule has 0 radical (unpaired) electrons. The molecule has 0 saturated carbocycles. The highest BCUT2D eigenvalue weighted by Crippen LogP contribution is 2.36. The Kier molecular flexibility index (Phi) is 8.00. The van der Waals surface area contributed by atoms with Gasteiger partial charge in [-0.05, 0) is 48.9 Å². The van der Waals surface area contributed by atoms with Crippen LogP contribution in [0.1, 0.15) is 55.2 Å². The first-order chi connectivity index (χ1) is 16.5. The summed E-state index contributed by atoms with van der Waals surface area (Å²) in [7, 11) is 2.70. The van der Waals surface area contributed by atoms with Crippen LogP contribution < -0.4 is 21.1 Å². The first-order valence-corrected chi connectivity index (χ1v) is 11.4. The molecule has 1 saturated heterocycles. The quantitative estimate of drug-likeness (QED) is 0.313. The average Bonchev–Trinajstić information content (AvgIpc) is 3.40. The van der Waals surface area contributed by atoms with Gasteiger partial charge in [-0.25, -0.2) is 9.59 Å². The van der Waals surface area contributed by atoms with Crippen molar-refractivity contribution >= 4 is 34.7 Å². The van der Waals surface area contributed by atoms with Crippen LogP contribution in [-0.4, -0.2) is 60.1 Å². The fourth-order valence-electron chi connectivity index (χ4n) is 4.41. The van der Waals surface area contributed by atoms with Crippen LogP contribution >= 0.6 is 0 Å². The molecule has 0 spiro atoms. The Bertz CT molecular complexity index is 1130. The minimum Gasteiger partial charge on any atom is -0.496 e. The number of carbonyl (C=O) groups excluding carboxylic acids is 3. The van der Waals surface area contributed by atoms with Crippen LogP contribution in [0.4, 0.5) is 0 Å². The van der Waals surface area contributed by atoms with E-state index in [0.29, 0.717) is 29.5 Å². The van der Waals surface area contributed by atoms with Gasteiger partial charge in [0, 0.05) is 11.3 Å². The maximum absolute atomic E-state index is 12.8. The van der Waals surface area contributed by atoms with Crippen molar-refractivity contribution in [2.24, 2.45) is 17.6 Å². The van der Waals surface area contributed by atoms with Crippen LogP contribution in [0.3, 0.4) is 0 Å². The van der Waals surface area contributed by atoms with Crippen LogP contribution in [0.5, 0.6) is 5.75 Å². The number of benzene rings is 1. The summed E-state index contributed by atoms with van der Waals surface area (Å²) in [6, 6.07) is 2.83. The monoisotopic (exact) mass is 488 g/mol. The molecule has 1 fully saturated rings. The lowest BCUT2D eigenvalue weighted by Gasteiger charge is -2.21. The highest BCUT2D eigenvalue weighted by Gasteiger charge is 2.37. The van der Waals surface area contributed by atoms with Crippen LogP contribution in [0.25, 0.3) is 10.9 Å². The van der Waals surface area contributed by atoms with Crippen molar-refractivity contribution < 1.29 is 33.8 Å². The number of methoxy groups -OCH3 is 2. The molecular weight excluding hydrogens is 456 g/mol. The smallest absolute Gasteiger partial charge is 0.352 e. The molecule has 1 aliphatic heterocycles. The Morgan fingerprint density at radius 3 is 2.54 bits per heavy atom. The van der Waals surface area contributed by atoms with E-state index in [1.54, 1.807) is 12.1 Å². The zero-order chi connectivity index (χ0) is 25.9. The number of amides is 2. The Morgan fingerprint density at radius 1 is 1.23 bits per heavy atom. The lowest BCUT2D eigenvalue weighted by atomic mass is 9.93. The molecule has 4 atom stereocenters. The maximum Gasteiger partial charge on any atom is 0.352 e. The molecule has 2 amide bonds. The second-order valence-corrected chi connectivity index (χ2v) is 9.22. The number of esters is 1. The Morgan fingerprint density at radius 2 is 1.94 bits per heavy atom. The van der Waals surface area contributed by atoms with E-state index in [0.717, 1.165) is 5.56 Å². The summed E-state index contributed by atoms with van der Waals surface area (Å²) in [6.45, 7) is 3.88. The van der Waals surface area contributed by atoms with E-state index in [2.05, 4.69) is 15.6 Å². The number of carbonyl (C=O) groups is 4. The highest BCUT2D eigenvalue weighted by molar-refractivity contribution is 5.96. The first-order valence-electron chi connectivity index (χ1n) is 11.4. The van der Waals surface area contributed by atoms with Crippen LogP contribution in [0, 0.1) is 11.8 Å². The summed E-state index contributed by atoms with van der Waals surface area (Å²) < 4.78 is 10.3. The largest absolute Gasteiger partial charge is 0.496 e. The number of aromatic amines is 1. The van der Waals surface area contributed by atoms with Gasteiger partial charge in [0.05, 0.1) is 31.8 Å². The molecule has 11 nitrogen and oxygen atoms in total. The standard InChI is InChI=1S/C24H32N4O7/c1-11(2)5-15(25)22(30)28-19(24(33)35-4)8-13-7-16(27-21(13)29)12-6-17-14(20(9-12)34-3)10-18(26-17)23(31)32/h6,9-11,13,15-16,19,26H,5,7-8,25H2,1-4H3,(H,27,29)(H,28,30)(H,31,32)/t13-,15-,16?,19-/m0/s1. The number of carboxylic acid groups (broad SMARTS) is 1. The van der Waals surface area contributed by atoms with Gasteiger partial charge < -0.3 is 35.9 Å². The molecule has 0 bridgehead atoms. The topological polar surface area (TPSA) is 173 Å². The fraction of sp³-hybridized carbons (Fsp3) is 0.500. The van der Waals surface area contributed by atoms with E-state index < -0.39 is 35.8 Å². The number of nitrogens with two attached hydrogens (primary N) is 1. The van der Waals surface area contributed by atoms with Crippen molar-refractivity contribution in [3.05, 3.63) is 29.5 Å². The van der Waals surface area contributed by atoms with Gasteiger partial charge in [-0.1, -0.05) is 13.8 Å². The van der Waals surface area contributed by atoms with Gasteiger partial charge in [0.2, 0.25) is 11.8 Å². The SMILES string of the molecule is COC(=O)[C@H](C[C@@H]1CC(c2cc(OC)c3cc(C(=O)O)[nH]c3c2)NC1=O)NC(=O)[C@@H](N)CC(C)C. The predicted octanol–water partition coefficient (Wildman–Crippen LogP) is 1.47. The minimum atomic E-state index is -1.09. The summed E-state index contributed by atoms with van der Waals surface area (Å²) in [5.41, 5.74) is 7.25. The molecule has 35 heavy (non-hydrogen) atoms. The van der Waals surface area contributed by atoms with Crippen molar-refractivity contribution in [1.29, 1.82) is 0 Å². The van der Waals surface area contributed by atoms with E-state index in [4.69, 9.17) is 15.2 Å². The number of rotatable bonds is 10. The van der Waals surface area contributed by atoms with Gasteiger partial charge in [-0.3, -0.25) is 9.59 Å². The second-order valence-electron chi connectivity index (χ2n) is 9.22. The van der Waals surface area contributed by atoms with Crippen LogP contribution in [0.15, 0.2) is 18.2 Å². The predicted molar refractivity (Wildman–Crippen MR) is 127 cm³/mol. The van der Waals surface area contributed by atoms with Gasteiger partial charge in [0.15, 0.2) is 0 Å². The highest BCUT2D eigenvalue weighted by atomic mass is 16.5. The van der Waals surface area contributed by atoms with Crippen molar-refractivity contribution in [3.63, 3.8) is 0 Å². The van der Waals surface area contributed by atoms with Crippen LogP contribution in [0.2, 0.25) is 0 Å². The molecule has 1 aromatic heterocycles. The van der Waals surface area contributed by atoms with Crippen molar-refractivity contribution in [2.45, 2.75) is 51.2 Å². The molecule has 3 rings (SSSR count). The molecule has 11 heteroatoms. The third-order valence-corrected chi connectivity index (χ3v) is 6.17. The van der Waals surface area contributed by atoms with Crippen LogP contribution in [-0.2, 0) is 19.1 Å². The molecule has 0 aliphatic carbocycles. The Balaban J connectivity index is 1.78. The molecule has 1 unspecified atom stereocenters. The van der Waals surface area contributed by atoms with E-state index in [-0.39, 0.29) is 30.0 Å². The zero-order valence-electron chi connectivity index (χ0n) is 20.2. The summed E-state index contributed by atoms with van der Waals surface area (Å²) in [4.78, 5) is 51.8. The Hall–Kier alpha value is -3.60. The molecule has 1 aromatic carbocycles. The third-order valence-electron chi connectivity index (χ3n) is 6.17. The van der Waals surface area contributed by atoms with E-state index in [9.17, 15) is 24.3 Å². The molecule has 1 aliphatic rings. The maximum atomic E-state index is 12.8. The molecule has 190 valence electrons. The fourth-order valence-corrected chi connectivity index (χ4v) is 4.41. The first kappa shape index (κ1) is 26.0. The zero-order valence-corrected chi connectivity index (χ0v) is 20.2. The number of fused-ring (bicyclic) bond motifs is 1. The number of aromatic carboxylic acids is 1. The molecule has 2 heterocycles. The van der Waals surface area contributed by atoms with E-state index in [1.165, 1.54) is 20.3 Å². The van der Waals surface area contributed by atoms with E-state index in [1.807, 2.05) is 13.8 Å². The number of hydrogen-bond donors (Lipinski definition) is 5. The number of H-pyrrole nitrogens is 1. The van der Waals surface area contributed by atoms with Crippen molar-refractivity contribution in [3.8, 4) is 5.75 Å². The molecule has 2 aromatic rings. The van der Waals surface area contributed by atoms with E-state index >= 15 is 0 Å². The number of nitrogens with one attached hydrogen (secondary N) is 3. The van der Waals surface area contributed by atoms with Crippen molar-refractivity contribution in [2.75, 3.05) is 14.2 Å². The lowest BCUT2D eigenvalue weighted by molar-refractivity contribution is -0.146. The average molecular weight is 489 g/mol. The molecular formula is C24H32N4O7. The number of carboxylic acids is 1. The molecule has 6 N–H and O–H groups in total. The third kappa shape index (κ3) is 5.91. The summed E-state index contributed by atoms with van der Waals surface area (Å²) in [5.74, 6) is -2.37. The van der Waals surface area contributed by atoms with Gasteiger partial charge in [0.25, 0.3) is 0 Å². The summed E-state index contributed by atoms with van der Waals surface area (Å²) >= 11 is 0. The second kappa shape index (κ2) is 10.8. The number of hydrogen-bond acceptors (Lipinski definition) is 7. The summed E-state index contributed by atoms with van der Waals surface area (Å²) in [6.07, 6.45) is 0.875. The van der Waals surface area contributed by atoms with Gasteiger partial charge >= 0.3 is 11.9 Å². The Labute approximate surface area is 202 Å². The van der Waals surface area contributed by atoms with Crippen molar-refractivity contribution in [1.82, 2.24) is 15.6 Å². The summed E-state index contributed by atoms with van der Waals surface area (Å²) in [5, 5.41) is 15.4. The number of ether oxygens (including phenoxy) is 2. The number of aromatic nitrogens is 1.